The molecule has 100 valence electrons. The van der Waals surface area contributed by atoms with Crippen LogP contribution in [0.25, 0.3) is 0 Å². The zero-order chi connectivity index (χ0) is 14.1. The minimum atomic E-state index is -4.85. The summed E-state index contributed by atoms with van der Waals surface area (Å²) in [5, 5.41) is 2.15. The van der Waals surface area contributed by atoms with E-state index in [0.29, 0.717) is 11.4 Å². The molecular formula is C10H9BrClF3N2O. The Morgan fingerprint density at radius 2 is 2.00 bits per heavy atom. The van der Waals surface area contributed by atoms with Gasteiger partial charge in [-0.05, 0) is 25.1 Å². The fraction of sp³-hybridized carbons (Fsp3) is 0.300. The molecule has 1 aromatic carbocycles. The second kappa shape index (κ2) is 5.07. The number of alkyl halides is 3. The molecule has 0 aliphatic rings. The summed E-state index contributed by atoms with van der Waals surface area (Å²) in [6.07, 6.45) is -4.85. The molecule has 0 heterocycles. The first-order valence-electron chi connectivity index (χ1n) is 4.68. The summed E-state index contributed by atoms with van der Waals surface area (Å²) in [5.74, 6) is -1.38. The van der Waals surface area contributed by atoms with Crippen molar-refractivity contribution in [3.63, 3.8) is 0 Å². The van der Waals surface area contributed by atoms with Crippen molar-refractivity contribution in [2.24, 2.45) is 5.73 Å². The van der Waals surface area contributed by atoms with Gasteiger partial charge in [0, 0.05) is 4.47 Å². The van der Waals surface area contributed by atoms with Gasteiger partial charge >= 0.3 is 6.18 Å². The van der Waals surface area contributed by atoms with Crippen molar-refractivity contribution < 1.29 is 18.0 Å². The summed E-state index contributed by atoms with van der Waals surface area (Å²) in [4.78, 5) is 11.5. The number of nitrogens with one attached hydrogen (secondary N) is 1. The third-order valence-electron chi connectivity index (χ3n) is 2.24. The number of halogens is 5. The number of carbonyl (C=O) groups excluding carboxylic acids is 1. The molecule has 0 fully saturated rings. The van der Waals surface area contributed by atoms with Crippen LogP contribution in [-0.4, -0.2) is 17.6 Å². The highest BCUT2D eigenvalue weighted by atomic mass is 79.9. The molecule has 3 nitrogen and oxygen atoms in total. The normalized spacial score (nSPS) is 15.1. The smallest absolute Gasteiger partial charge is 0.323 e. The summed E-state index contributed by atoms with van der Waals surface area (Å²) in [6, 6.07) is 4.35. The van der Waals surface area contributed by atoms with Gasteiger partial charge in [-0.15, -0.1) is 0 Å². The lowest BCUT2D eigenvalue weighted by Crippen LogP contribution is -2.59. The molecule has 1 atom stereocenters. The Morgan fingerprint density at radius 3 is 2.44 bits per heavy atom. The van der Waals surface area contributed by atoms with Gasteiger partial charge in [-0.25, -0.2) is 0 Å². The summed E-state index contributed by atoms with van der Waals surface area (Å²) in [6.45, 7) is 0.592. The van der Waals surface area contributed by atoms with E-state index >= 15 is 0 Å². The Balaban J connectivity index is 2.95. The molecule has 1 amide bonds. The van der Waals surface area contributed by atoms with Crippen LogP contribution in [-0.2, 0) is 4.79 Å². The van der Waals surface area contributed by atoms with Gasteiger partial charge in [0.2, 0.25) is 0 Å². The fourth-order valence-corrected chi connectivity index (χ4v) is 1.69. The maximum Gasteiger partial charge on any atom is 0.415 e. The zero-order valence-corrected chi connectivity index (χ0v) is 11.4. The van der Waals surface area contributed by atoms with Gasteiger partial charge < -0.3 is 11.1 Å². The minimum absolute atomic E-state index is 0.0609. The Hall–Kier alpha value is -0.790. The van der Waals surface area contributed by atoms with E-state index in [9.17, 15) is 18.0 Å². The van der Waals surface area contributed by atoms with E-state index in [-0.39, 0.29) is 10.7 Å². The number of nitrogens with two attached hydrogens (primary N) is 1. The number of rotatable bonds is 2. The maximum atomic E-state index is 12.5. The molecule has 1 unspecified atom stereocenters. The second-order valence-electron chi connectivity index (χ2n) is 3.78. The van der Waals surface area contributed by atoms with Gasteiger partial charge in [-0.1, -0.05) is 27.5 Å². The van der Waals surface area contributed by atoms with Crippen LogP contribution in [0.15, 0.2) is 22.7 Å². The lowest BCUT2D eigenvalue weighted by atomic mass is 10.0. The molecule has 0 aromatic heterocycles. The second-order valence-corrected chi connectivity index (χ2v) is 5.10. The van der Waals surface area contributed by atoms with Crippen molar-refractivity contribution in [1.82, 2.24) is 0 Å². The molecule has 18 heavy (non-hydrogen) atoms. The van der Waals surface area contributed by atoms with E-state index in [2.05, 4.69) is 15.9 Å². The third-order valence-corrected chi connectivity index (χ3v) is 3.05. The SMILES string of the molecule is CC(N)(C(=O)Nc1ccc(Br)cc1Cl)C(F)(F)F. The molecule has 0 aliphatic heterocycles. The van der Waals surface area contributed by atoms with E-state index in [1.165, 1.54) is 18.2 Å². The van der Waals surface area contributed by atoms with Gasteiger partial charge in [-0.3, -0.25) is 4.79 Å². The highest BCUT2D eigenvalue weighted by molar-refractivity contribution is 9.10. The molecular weight excluding hydrogens is 336 g/mol. The Labute approximate surface area is 115 Å². The van der Waals surface area contributed by atoms with Crippen LogP contribution in [0.2, 0.25) is 5.02 Å². The van der Waals surface area contributed by atoms with E-state index in [0.717, 1.165) is 0 Å². The summed E-state index contributed by atoms with van der Waals surface area (Å²) in [5.41, 5.74) is 2.05. The minimum Gasteiger partial charge on any atom is -0.323 e. The lowest BCUT2D eigenvalue weighted by Gasteiger charge is -2.26. The van der Waals surface area contributed by atoms with Gasteiger partial charge in [0.1, 0.15) is 0 Å². The highest BCUT2D eigenvalue weighted by Gasteiger charge is 2.54. The van der Waals surface area contributed by atoms with Crippen molar-refractivity contribution in [3.05, 3.63) is 27.7 Å². The first-order valence-corrected chi connectivity index (χ1v) is 5.85. The molecule has 0 bridgehead atoms. The molecule has 0 saturated heterocycles. The topological polar surface area (TPSA) is 55.1 Å². The van der Waals surface area contributed by atoms with Crippen LogP contribution in [0.5, 0.6) is 0 Å². The van der Waals surface area contributed by atoms with Gasteiger partial charge in [-0.2, -0.15) is 13.2 Å². The largest absolute Gasteiger partial charge is 0.415 e. The third kappa shape index (κ3) is 3.15. The molecule has 1 rings (SSSR count). The van der Waals surface area contributed by atoms with Crippen molar-refractivity contribution >= 4 is 39.1 Å². The van der Waals surface area contributed by atoms with Crippen LogP contribution in [0.3, 0.4) is 0 Å². The quantitative estimate of drug-likeness (QED) is 0.864. The summed E-state index contributed by atoms with van der Waals surface area (Å²) >= 11 is 8.90. The molecule has 0 saturated carbocycles. The number of benzene rings is 1. The Bertz CT molecular complexity index is 477. The zero-order valence-electron chi connectivity index (χ0n) is 9.11. The molecule has 0 radical (unpaired) electrons. The summed E-state index contributed by atoms with van der Waals surface area (Å²) < 4.78 is 38.2. The molecule has 0 spiro atoms. The monoisotopic (exact) mass is 344 g/mol. The number of hydrogen-bond acceptors (Lipinski definition) is 2. The number of hydrogen-bond donors (Lipinski definition) is 2. The van der Waals surface area contributed by atoms with Crippen LogP contribution in [0, 0.1) is 0 Å². The average Bonchev–Trinajstić information content (AvgIpc) is 2.20. The first kappa shape index (κ1) is 15.3. The number of amides is 1. The van der Waals surface area contributed by atoms with Crippen molar-refractivity contribution in [3.8, 4) is 0 Å². The highest BCUT2D eigenvalue weighted by Crippen LogP contribution is 2.31. The van der Waals surface area contributed by atoms with Gasteiger partial charge in [0.15, 0.2) is 5.54 Å². The van der Waals surface area contributed by atoms with Gasteiger partial charge in [0.25, 0.3) is 5.91 Å². The number of carbonyl (C=O) groups is 1. The van der Waals surface area contributed by atoms with Crippen molar-refractivity contribution in [2.75, 3.05) is 5.32 Å². The van der Waals surface area contributed by atoms with E-state index in [1.807, 2.05) is 5.32 Å². The van der Waals surface area contributed by atoms with E-state index < -0.39 is 17.6 Å². The van der Waals surface area contributed by atoms with Crippen LogP contribution < -0.4 is 11.1 Å². The Morgan fingerprint density at radius 1 is 1.44 bits per heavy atom. The molecule has 1 aromatic rings. The maximum absolute atomic E-state index is 12.5. The molecule has 3 N–H and O–H groups in total. The van der Waals surface area contributed by atoms with Crippen LogP contribution in [0.4, 0.5) is 18.9 Å². The summed E-state index contributed by atoms with van der Waals surface area (Å²) in [7, 11) is 0. The fourth-order valence-electron chi connectivity index (χ4n) is 0.972. The van der Waals surface area contributed by atoms with Crippen molar-refractivity contribution in [1.29, 1.82) is 0 Å². The van der Waals surface area contributed by atoms with E-state index in [4.69, 9.17) is 17.3 Å². The number of anilines is 1. The van der Waals surface area contributed by atoms with Crippen LogP contribution >= 0.6 is 27.5 Å². The predicted octanol–water partition coefficient (Wildman–Crippen LogP) is 3.32. The lowest BCUT2D eigenvalue weighted by molar-refractivity contribution is -0.184. The van der Waals surface area contributed by atoms with Gasteiger partial charge in [0.05, 0.1) is 10.7 Å². The molecule has 0 aliphatic carbocycles. The molecule has 8 heteroatoms. The standard InChI is InChI=1S/C10H9BrClF3N2O/c1-9(16,10(13,14)15)8(18)17-7-3-2-5(11)4-6(7)12/h2-4H,16H2,1H3,(H,17,18). The Kier molecular flexibility index (Phi) is 4.30. The first-order chi connectivity index (χ1) is 8.05. The van der Waals surface area contributed by atoms with Crippen molar-refractivity contribution in [2.45, 2.75) is 18.6 Å². The van der Waals surface area contributed by atoms with E-state index in [1.54, 1.807) is 0 Å². The predicted molar refractivity (Wildman–Crippen MR) is 66.4 cm³/mol. The average molecular weight is 346 g/mol. The van der Waals surface area contributed by atoms with Crippen LogP contribution in [0.1, 0.15) is 6.92 Å².